The normalized spacial score (nSPS) is 10.9. The van der Waals surface area contributed by atoms with E-state index in [9.17, 15) is 5.11 Å². The number of alkyl halides is 1. The topological polar surface area (TPSA) is 36.0 Å². The van der Waals surface area contributed by atoms with E-state index in [1.807, 2.05) is 12.1 Å². The van der Waals surface area contributed by atoms with Crippen LogP contribution in [0.3, 0.4) is 0 Å². The molecule has 0 atom stereocenters. The quantitative estimate of drug-likeness (QED) is 0.777. The molecule has 2 nitrogen and oxygen atoms in total. The van der Waals surface area contributed by atoms with Gasteiger partial charge in [0.25, 0.3) is 0 Å². The molecule has 2 N–H and O–H groups in total. The maximum atomic E-state index is 9.43. The summed E-state index contributed by atoms with van der Waals surface area (Å²) in [7, 11) is 0. The number of hydrogen-bond donors (Lipinski definition) is 2. The first-order valence-corrected chi connectivity index (χ1v) is 5.68. The number of aromatic hydroxyl groups is 1. The molecule has 2 aromatic rings. The van der Waals surface area contributed by atoms with Crippen molar-refractivity contribution in [3.8, 4) is 5.75 Å². The largest absolute Gasteiger partial charge is 0.507 e. The average molecular weight is 305 g/mol. The van der Waals surface area contributed by atoms with Gasteiger partial charge in [0.15, 0.2) is 0 Å². The minimum absolute atomic E-state index is 0.271. The fourth-order valence-electron chi connectivity index (χ4n) is 1.27. The van der Waals surface area contributed by atoms with E-state index in [0.717, 1.165) is 21.9 Å². The van der Waals surface area contributed by atoms with Gasteiger partial charge in [0.05, 0.1) is 4.47 Å². The van der Waals surface area contributed by atoms with Gasteiger partial charge in [-0.05, 0) is 34.1 Å². The standard InChI is InChI=1S/C9H7Br2NO/c10-4-6-1-5-2-9(13)7(11)3-8(5)12-6/h1-3,12-13H,4H2. The van der Waals surface area contributed by atoms with Crippen LogP contribution in [0.5, 0.6) is 5.75 Å². The lowest BCUT2D eigenvalue weighted by Gasteiger charge is -1.95. The summed E-state index contributed by atoms with van der Waals surface area (Å²) in [4.78, 5) is 3.23. The Morgan fingerprint density at radius 3 is 2.77 bits per heavy atom. The molecule has 68 valence electrons. The molecule has 1 aromatic heterocycles. The molecule has 2 rings (SSSR count). The monoisotopic (exact) mass is 303 g/mol. The number of rotatable bonds is 1. The van der Waals surface area contributed by atoms with Crippen LogP contribution in [0, 0.1) is 0 Å². The number of H-pyrrole nitrogens is 1. The van der Waals surface area contributed by atoms with E-state index in [2.05, 4.69) is 36.8 Å². The highest BCUT2D eigenvalue weighted by atomic mass is 79.9. The van der Waals surface area contributed by atoms with Gasteiger partial charge >= 0.3 is 0 Å². The van der Waals surface area contributed by atoms with Crippen LogP contribution in [-0.4, -0.2) is 10.1 Å². The predicted octanol–water partition coefficient (Wildman–Crippen LogP) is 3.53. The maximum absolute atomic E-state index is 9.43. The molecule has 4 heteroatoms. The summed E-state index contributed by atoms with van der Waals surface area (Å²) in [5.74, 6) is 0.271. The van der Waals surface area contributed by atoms with Crippen LogP contribution in [0.15, 0.2) is 22.7 Å². The number of hydrogen-bond acceptors (Lipinski definition) is 1. The van der Waals surface area contributed by atoms with Crippen molar-refractivity contribution in [1.82, 2.24) is 4.98 Å². The molecule has 0 fully saturated rings. The van der Waals surface area contributed by atoms with Gasteiger partial charge in [-0.1, -0.05) is 15.9 Å². The van der Waals surface area contributed by atoms with Crippen molar-refractivity contribution in [2.45, 2.75) is 5.33 Å². The van der Waals surface area contributed by atoms with Gasteiger partial charge in [0.1, 0.15) is 5.75 Å². The summed E-state index contributed by atoms with van der Waals surface area (Å²) in [6.07, 6.45) is 0. The Hall–Kier alpha value is -0.480. The molecular formula is C9H7Br2NO. The lowest BCUT2D eigenvalue weighted by atomic mass is 10.2. The van der Waals surface area contributed by atoms with E-state index < -0.39 is 0 Å². The molecular weight excluding hydrogens is 298 g/mol. The molecule has 0 spiro atoms. The number of nitrogens with one attached hydrogen (secondary N) is 1. The first kappa shape index (κ1) is 9.09. The van der Waals surface area contributed by atoms with Gasteiger partial charge in [-0.25, -0.2) is 0 Å². The van der Waals surface area contributed by atoms with Gasteiger partial charge in [-0.15, -0.1) is 0 Å². The summed E-state index contributed by atoms with van der Waals surface area (Å²) in [5, 5.41) is 11.2. The fourth-order valence-corrected chi connectivity index (χ4v) is 1.92. The number of fused-ring (bicyclic) bond motifs is 1. The number of benzene rings is 1. The molecule has 0 bridgehead atoms. The van der Waals surface area contributed by atoms with E-state index in [1.165, 1.54) is 0 Å². The van der Waals surface area contributed by atoms with Crippen molar-refractivity contribution in [2.24, 2.45) is 0 Å². The molecule has 0 radical (unpaired) electrons. The number of aromatic amines is 1. The molecule has 0 saturated carbocycles. The van der Waals surface area contributed by atoms with Gasteiger partial charge in [0, 0.05) is 21.9 Å². The zero-order valence-corrected chi connectivity index (χ0v) is 9.81. The summed E-state index contributed by atoms with van der Waals surface area (Å²) in [6, 6.07) is 5.62. The Morgan fingerprint density at radius 2 is 2.08 bits per heavy atom. The van der Waals surface area contributed by atoms with Crippen LogP contribution in [0.25, 0.3) is 10.9 Å². The van der Waals surface area contributed by atoms with Crippen LogP contribution >= 0.6 is 31.9 Å². The van der Waals surface area contributed by atoms with Crippen molar-refractivity contribution in [3.63, 3.8) is 0 Å². The number of halogens is 2. The Labute approximate surface area is 92.2 Å². The second-order valence-electron chi connectivity index (χ2n) is 2.82. The van der Waals surface area contributed by atoms with Crippen LogP contribution in [0.2, 0.25) is 0 Å². The Morgan fingerprint density at radius 1 is 1.31 bits per heavy atom. The third kappa shape index (κ3) is 1.60. The third-order valence-electron chi connectivity index (χ3n) is 1.89. The van der Waals surface area contributed by atoms with Gasteiger partial charge in [0.2, 0.25) is 0 Å². The van der Waals surface area contributed by atoms with Crippen LogP contribution in [0.1, 0.15) is 5.69 Å². The Balaban J connectivity index is 2.70. The SMILES string of the molecule is Oc1cc2cc(CBr)[nH]c2cc1Br. The van der Waals surface area contributed by atoms with Crippen molar-refractivity contribution < 1.29 is 5.11 Å². The molecule has 0 unspecified atom stereocenters. The second-order valence-corrected chi connectivity index (χ2v) is 4.23. The van der Waals surface area contributed by atoms with Crippen molar-refractivity contribution in [3.05, 3.63) is 28.4 Å². The summed E-state index contributed by atoms with van der Waals surface area (Å²) in [6.45, 7) is 0. The fraction of sp³-hybridized carbons (Fsp3) is 0.111. The number of aromatic nitrogens is 1. The molecule has 0 aliphatic heterocycles. The highest BCUT2D eigenvalue weighted by Crippen LogP contribution is 2.29. The third-order valence-corrected chi connectivity index (χ3v) is 3.13. The zero-order chi connectivity index (χ0) is 9.42. The average Bonchev–Trinajstić information content (AvgIpc) is 2.48. The van der Waals surface area contributed by atoms with Crippen molar-refractivity contribution in [2.75, 3.05) is 0 Å². The van der Waals surface area contributed by atoms with E-state index in [4.69, 9.17) is 0 Å². The molecule has 0 amide bonds. The smallest absolute Gasteiger partial charge is 0.130 e. The zero-order valence-electron chi connectivity index (χ0n) is 6.64. The predicted molar refractivity (Wildman–Crippen MR) is 60.3 cm³/mol. The van der Waals surface area contributed by atoms with Gasteiger partial charge in [-0.3, -0.25) is 0 Å². The Kier molecular flexibility index (Phi) is 2.34. The van der Waals surface area contributed by atoms with E-state index >= 15 is 0 Å². The lowest BCUT2D eigenvalue weighted by molar-refractivity contribution is 0.473. The molecule has 13 heavy (non-hydrogen) atoms. The van der Waals surface area contributed by atoms with Crippen molar-refractivity contribution in [1.29, 1.82) is 0 Å². The van der Waals surface area contributed by atoms with Crippen LogP contribution in [-0.2, 0) is 5.33 Å². The van der Waals surface area contributed by atoms with Crippen LogP contribution in [0.4, 0.5) is 0 Å². The molecule has 1 heterocycles. The summed E-state index contributed by atoms with van der Waals surface area (Å²) < 4.78 is 0.711. The summed E-state index contributed by atoms with van der Waals surface area (Å²) in [5.41, 5.74) is 2.13. The number of phenols is 1. The molecule has 0 aliphatic rings. The maximum Gasteiger partial charge on any atom is 0.130 e. The highest BCUT2D eigenvalue weighted by molar-refractivity contribution is 9.10. The lowest BCUT2D eigenvalue weighted by Crippen LogP contribution is -1.73. The summed E-state index contributed by atoms with van der Waals surface area (Å²) >= 11 is 6.63. The molecule has 1 aromatic carbocycles. The molecule has 0 aliphatic carbocycles. The van der Waals surface area contributed by atoms with Gasteiger partial charge in [-0.2, -0.15) is 0 Å². The van der Waals surface area contributed by atoms with E-state index in [-0.39, 0.29) is 5.75 Å². The molecule has 0 saturated heterocycles. The first-order chi connectivity index (χ1) is 6.20. The second kappa shape index (κ2) is 3.35. The first-order valence-electron chi connectivity index (χ1n) is 3.77. The van der Waals surface area contributed by atoms with E-state index in [0.29, 0.717) is 4.47 Å². The van der Waals surface area contributed by atoms with Crippen molar-refractivity contribution >= 4 is 42.8 Å². The van der Waals surface area contributed by atoms with Gasteiger partial charge < -0.3 is 10.1 Å². The minimum Gasteiger partial charge on any atom is -0.507 e. The highest BCUT2D eigenvalue weighted by Gasteiger charge is 2.03. The van der Waals surface area contributed by atoms with Crippen LogP contribution < -0.4 is 0 Å². The minimum atomic E-state index is 0.271. The van der Waals surface area contributed by atoms with E-state index in [1.54, 1.807) is 6.07 Å². The Bertz CT molecular complexity index is 411. The number of phenolic OH excluding ortho intramolecular Hbond substituents is 1.